The lowest BCUT2D eigenvalue weighted by Crippen LogP contribution is -2.45. The number of aromatic nitrogens is 1. The van der Waals surface area contributed by atoms with Crippen LogP contribution < -0.4 is 4.90 Å². The third-order valence-electron chi connectivity index (χ3n) is 5.66. The van der Waals surface area contributed by atoms with E-state index in [1.165, 1.54) is 0 Å². The van der Waals surface area contributed by atoms with Gasteiger partial charge in [0.1, 0.15) is 5.69 Å². The Balaban J connectivity index is 1.53. The molecule has 1 aromatic rings. The van der Waals surface area contributed by atoms with Crippen molar-refractivity contribution in [3.8, 4) is 0 Å². The Kier molecular flexibility index (Phi) is 4.65. The zero-order chi connectivity index (χ0) is 17.4. The quantitative estimate of drug-likeness (QED) is 0.816. The Morgan fingerprint density at radius 3 is 2.56 bits per heavy atom. The number of amides is 1. The summed E-state index contributed by atoms with van der Waals surface area (Å²) in [4.78, 5) is 24.3. The molecule has 0 N–H and O–H groups in total. The summed E-state index contributed by atoms with van der Waals surface area (Å²) in [5.74, 6) is 0.0879. The third-order valence-corrected chi connectivity index (χ3v) is 5.66. The molecular weight excluding hydrogens is 316 g/mol. The van der Waals surface area contributed by atoms with Crippen LogP contribution in [-0.4, -0.2) is 78.2 Å². The Labute approximate surface area is 149 Å². The molecule has 0 spiro atoms. The van der Waals surface area contributed by atoms with Crippen LogP contribution in [-0.2, 0) is 4.74 Å². The molecule has 0 aromatic carbocycles. The monoisotopic (exact) mass is 344 g/mol. The van der Waals surface area contributed by atoms with E-state index in [-0.39, 0.29) is 18.1 Å². The van der Waals surface area contributed by atoms with Gasteiger partial charge in [-0.05, 0) is 38.8 Å². The molecule has 1 aromatic heterocycles. The van der Waals surface area contributed by atoms with Crippen molar-refractivity contribution in [1.29, 1.82) is 0 Å². The van der Waals surface area contributed by atoms with E-state index in [2.05, 4.69) is 33.5 Å². The predicted octanol–water partition coefficient (Wildman–Crippen LogP) is 1.62. The van der Waals surface area contributed by atoms with Gasteiger partial charge in [-0.3, -0.25) is 9.78 Å². The van der Waals surface area contributed by atoms with E-state index < -0.39 is 0 Å². The van der Waals surface area contributed by atoms with Crippen molar-refractivity contribution in [3.63, 3.8) is 0 Å². The summed E-state index contributed by atoms with van der Waals surface area (Å²) in [6.45, 7) is 9.93. The molecule has 6 nitrogen and oxygen atoms in total. The molecule has 6 heteroatoms. The van der Waals surface area contributed by atoms with Gasteiger partial charge >= 0.3 is 0 Å². The molecule has 0 radical (unpaired) electrons. The van der Waals surface area contributed by atoms with Crippen molar-refractivity contribution in [2.75, 3.05) is 44.2 Å². The molecule has 0 unspecified atom stereocenters. The number of piperidine rings is 1. The SMILES string of the molecule is C[C@@H]1CN(c2ccnc(C(=O)N3CCN4CCC3CC4)c2)C[C@H](C)O1. The van der Waals surface area contributed by atoms with Crippen molar-refractivity contribution in [2.45, 2.75) is 44.9 Å². The second kappa shape index (κ2) is 6.92. The highest BCUT2D eigenvalue weighted by molar-refractivity contribution is 5.93. The van der Waals surface area contributed by atoms with Gasteiger partial charge in [0, 0.05) is 57.2 Å². The lowest BCUT2D eigenvalue weighted by Gasteiger charge is -2.37. The van der Waals surface area contributed by atoms with Crippen molar-refractivity contribution in [2.24, 2.45) is 0 Å². The number of ether oxygens (including phenoxy) is 1. The van der Waals surface area contributed by atoms with Crippen LogP contribution in [0.1, 0.15) is 37.2 Å². The molecule has 4 fully saturated rings. The molecule has 2 bridgehead atoms. The molecule has 5 rings (SSSR count). The normalized spacial score (nSPS) is 32.6. The third kappa shape index (κ3) is 3.51. The summed E-state index contributed by atoms with van der Waals surface area (Å²) >= 11 is 0. The van der Waals surface area contributed by atoms with Gasteiger partial charge in [0.2, 0.25) is 0 Å². The average Bonchev–Trinajstić information content (AvgIpc) is 2.94. The molecule has 0 saturated carbocycles. The Morgan fingerprint density at radius 2 is 1.84 bits per heavy atom. The Hall–Kier alpha value is -1.66. The highest BCUT2D eigenvalue weighted by atomic mass is 16.5. The van der Waals surface area contributed by atoms with Crippen LogP contribution in [0.2, 0.25) is 0 Å². The summed E-state index contributed by atoms with van der Waals surface area (Å²) in [6.07, 6.45) is 4.34. The molecular formula is C19H28N4O2. The second-order valence-corrected chi connectivity index (χ2v) is 7.63. The molecule has 136 valence electrons. The number of nitrogens with zero attached hydrogens (tertiary/aromatic N) is 4. The molecule has 0 aliphatic carbocycles. The maximum atomic E-state index is 13.1. The van der Waals surface area contributed by atoms with Gasteiger partial charge in [-0.15, -0.1) is 0 Å². The minimum atomic E-state index is 0.0879. The van der Waals surface area contributed by atoms with Gasteiger partial charge in [-0.1, -0.05) is 0 Å². The second-order valence-electron chi connectivity index (χ2n) is 7.63. The molecule has 4 aliphatic rings. The van der Waals surface area contributed by atoms with Gasteiger partial charge in [-0.25, -0.2) is 0 Å². The largest absolute Gasteiger partial charge is 0.372 e. The first kappa shape index (κ1) is 16.8. The van der Waals surface area contributed by atoms with Crippen molar-refractivity contribution in [3.05, 3.63) is 24.0 Å². The molecule has 4 saturated heterocycles. The van der Waals surface area contributed by atoms with Crippen molar-refractivity contribution >= 4 is 11.6 Å². The number of hydrogen-bond donors (Lipinski definition) is 0. The van der Waals surface area contributed by atoms with E-state index in [0.717, 1.165) is 57.8 Å². The van der Waals surface area contributed by atoms with Gasteiger partial charge in [0.15, 0.2) is 0 Å². The molecule has 4 aliphatic heterocycles. The van der Waals surface area contributed by atoms with Crippen LogP contribution in [0.25, 0.3) is 0 Å². The van der Waals surface area contributed by atoms with Crippen LogP contribution in [0.4, 0.5) is 5.69 Å². The van der Waals surface area contributed by atoms with Crippen LogP contribution in [0.5, 0.6) is 0 Å². The first-order valence-electron chi connectivity index (χ1n) is 9.50. The van der Waals surface area contributed by atoms with Crippen LogP contribution in [0.3, 0.4) is 0 Å². The zero-order valence-electron chi connectivity index (χ0n) is 15.2. The smallest absolute Gasteiger partial charge is 0.272 e. The fourth-order valence-corrected chi connectivity index (χ4v) is 4.42. The summed E-state index contributed by atoms with van der Waals surface area (Å²) in [6, 6.07) is 4.34. The lowest BCUT2D eigenvalue weighted by atomic mass is 10.0. The molecule has 2 atom stereocenters. The highest BCUT2D eigenvalue weighted by Crippen LogP contribution is 2.24. The summed E-state index contributed by atoms with van der Waals surface area (Å²) in [5.41, 5.74) is 1.65. The number of carbonyl (C=O) groups is 1. The number of fused-ring (bicyclic) bond motifs is 4. The van der Waals surface area contributed by atoms with Crippen LogP contribution in [0.15, 0.2) is 18.3 Å². The maximum Gasteiger partial charge on any atom is 0.272 e. The predicted molar refractivity (Wildman–Crippen MR) is 97.0 cm³/mol. The first-order chi connectivity index (χ1) is 12.1. The van der Waals surface area contributed by atoms with Crippen LogP contribution >= 0.6 is 0 Å². The minimum absolute atomic E-state index is 0.0879. The highest BCUT2D eigenvalue weighted by Gasteiger charge is 2.33. The Morgan fingerprint density at radius 1 is 1.12 bits per heavy atom. The van der Waals surface area contributed by atoms with E-state index in [9.17, 15) is 4.79 Å². The van der Waals surface area contributed by atoms with Crippen molar-refractivity contribution in [1.82, 2.24) is 14.8 Å². The number of anilines is 1. The van der Waals surface area contributed by atoms with Gasteiger partial charge in [-0.2, -0.15) is 0 Å². The number of rotatable bonds is 2. The Bertz CT molecular complexity index is 620. The zero-order valence-corrected chi connectivity index (χ0v) is 15.2. The minimum Gasteiger partial charge on any atom is -0.372 e. The maximum absolute atomic E-state index is 13.1. The van der Waals surface area contributed by atoms with Gasteiger partial charge in [0.25, 0.3) is 5.91 Å². The number of morpholine rings is 1. The topological polar surface area (TPSA) is 48.9 Å². The lowest BCUT2D eigenvalue weighted by molar-refractivity contribution is -0.00522. The molecule has 1 amide bonds. The first-order valence-corrected chi connectivity index (χ1v) is 9.50. The standard InChI is InChI=1S/C19H28N4O2/c1-14-12-22(13-15(2)25-14)17-3-6-20-18(11-17)19(24)23-10-9-21-7-4-16(23)5-8-21/h3,6,11,14-16H,4-5,7-10,12-13H2,1-2H3/t14-,15+. The number of pyridine rings is 1. The summed E-state index contributed by atoms with van der Waals surface area (Å²) in [7, 11) is 0. The summed E-state index contributed by atoms with van der Waals surface area (Å²) < 4.78 is 5.82. The van der Waals surface area contributed by atoms with Gasteiger partial charge < -0.3 is 19.4 Å². The fraction of sp³-hybridized carbons (Fsp3) is 0.684. The van der Waals surface area contributed by atoms with E-state index in [4.69, 9.17) is 4.74 Å². The fourth-order valence-electron chi connectivity index (χ4n) is 4.42. The van der Waals surface area contributed by atoms with Crippen LogP contribution in [0, 0.1) is 0 Å². The van der Waals surface area contributed by atoms with E-state index in [0.29, 0.717) is 11.7 Å². The van der Waals surface area contributed by atoms with Gasteiger partial charge in [0.05, 0.1) is 12.2 Å². The van der Waals surface area contributed by atoms with E-state index >= 15 is 0 Å². The molecule has 25 heavy (non-hydrogen) atoms. The average molecular weight is 344 g/mol. The number of hydrogen-bond acceptors (Lipinski definition) is 5. The van der Waals surface area contributed by atoms with E-state index in [1.807, 2.05) is 12.1 Å². The van der Waals surface area contributed by atoms with Crippen molar-refractivity contribution < 1.29 is 9.53 Å². The number of carbonyl (C=O) groups excluding carboxylic acids is 1. The molecule has 5 heterocycles. The summed E-state index contributed by atoms with van der Waals surface area (Å²) in [5, 5.41) is 0. The van der Waals surface area contributed by atoms with E-state index in [1.54, 1.807) is 6.20 Å².